The predicted octanol–water partition coefficient (Wildman–Crippen LogP) is 3.14. The molecule has 14 heavy (non-hydrogen) atoms. The number of carbonyl (C=O) groups excluding carboxylic acids is 1. The lowest BCUT2D eigenvalue weighted by molar-refractivity contribution is 0.107. The standard InChI is InChI=1S/C7H2ClF3INO/c8-6(14)5-4(9)3(7(10)11)2(12)1-13-5/h1,7H. The van der Waals surface area contributed by atoms with Crippen LogP contribution in [0.3, 0.4) is 0 Å². The number of pyridine rings is 1. The molecule has 1 aromatic heterocycles. The Morgan fingerprint density at radius 3 is 2.57 bits per heavy atom. The van der Waals surface area contributed by atoms with E-state index in [0.717, 1.165) is 6.20 Å². The van der Waals surface area contributed by atoms with Crippen molar-refractivity contribution in [2.24, 2.45) is 0 Å². The van der Waals surface area contributed by atoms with Crippen molar-refractivity contribution in [3.8, 4) is 0 Å². The Labute approximate surface area is 95.6 Å². The monoisotopic (exact) mass is 335 g/mol. The Morgan fingerprint density at radius 2 is 2.14 bits per heavy atom. The third-order valence-electron chi connectivity index (χ3n) is 1.41. The van der Waals surface area contributed by atoms with Crippen molar-refractivity contribution in [2.45, 2.75) is 6.43 Å². The van der Waals surface area contributed by atoms with Crippen molar-refractivity contribution in [1.82, 2.24) is 4.98 Å². The number of nitrogens with zero attached hydrogens (tertiary/aromatic N) is 1. The molecule has 0 saturated heterocycles. The van der Waals surface area contributed by atoms with E-state index >= 15 is 0 Å². The van der Waals surface area contributed by atoms with Gasteiger partial charge in [-0.25, -0.2) is 18.2 Å². The molecular weight excluding hydrogens is 333 g/mol. The fourth-order valence-electron chi connectivity index (χ4n) is 0.817. The number of aromatic nitrogens is 1. The molecule has 0 aliphatic heterocycles. The van der Waals surface area contributed by atoms with E-state index in [-0.39, 0.29) is 3.57 Å². The third kappa shape index (κ3) is 2.17. The average Bonchev–Trinajstić information content (AvgIpc) is 2.02. The summed E-state index contributed by atoms with van der Waals surface area (Å²) in [7, 11) is 0. The summed E-state index contributed by atoms with van der Waals surface area (Å²) < 4.78 is 37.7. The van der Waals surface area contributed by atoms with Gasteiger partial charge >= 0.3 is 0 Å². The molecule has 0 aliphatic rings. The van der Waals surface area contributed by atoms with E-state index in [9.17, 15) is 18.0 Å². The highest BCUT2D eigenvalue weighted by Gasteiger charge is 2.23. The number of carbonyl (C=O) groups is 1. The second kappa shape index (κ2) is 4.43. The first-order valence-corrected chi connectivity index (χ1v) is 4.72. The summed E-state index contributed by atoms with van der Waals surface area (Å²) in [5.74, 6) is -1.35. The van der Waals surface area contributed by atoms with E-state index in [1.54, 1.807) is 0 Å². The lowest BCUT2D eigenvalue weighted by Gasteiger charge is -2.05. The molecule has 76 valence electrons. The second-order valence-corrected chi connectivity index (χ2v) is 3.76. The van der Waals surface area contributed by atoms with Crippen LogP contribution in [0.15, 0.2) is 6.20 Å². The first-order chi connectivity index (χ1) is 6.45. The zero-order valence-electron chi connectivity index (χ0n) is 6.40. The minimum absolute atomic E-state index is 0.0447. The maximum Gasteiger partial charge on any atom is 0.273 e. The van der Waals surface area contributed by atoms with Gasteiger partial charge in [-0.05, 0) is 34.2 Å². The quantitative estimate of drug-likeness (QED) is 0.614. The molecule has 0 aromatic carbocycles. The summed E-state index contributed by atoms with van der Waals surface area (Å²) in [6, 6.07) is 0. The molecule has 0 fully saturated rings. The lowest BCUT2D eigenvalue weighted by Crippen LogP contribution is -2.05. The maximum absolute atomic E-state index is 13.2. The molecule has 0 amide bonds. The fourth-order valence-corrected chi connectivity index (χ4v) is 1.56. The van der Waals surface area contributed by atoms with Crippen LogP contribution in [0.5, 0.6) is 0 Å². The van der Waals surface area contributed by atoms with Gasteiger partial charge in [0, 0.05) is 9.77 Å². The maximum atomic E-state index is 13.2. The number of alkyl halides is 2. The van der Waals surface area contributed by atoms with Crippen molar-refractivity contribution in [3.63, 3.8) is 0 Å². The van der Waals surface area contributed by atoms with E-state index in [2.05, 4.69) is 4.98 Å². The minimum Gasteiger partial charge on any atom is -0.274 e. The van der Waals surface area contributed by atoms with Crippen molar-refractivity contribution in [1.29, 1.82) is 0 Å². The highest BCUT2D eigenvalue weighted by Crippen LogP contribution is 2.28. The largest absolute Gasteiger partial charge is 0.274 e. The van der Waals surface area contributed by atoms with Gasteiger partial charge in [-0.1, -0.05) is 0 Å². The van der Waals surface area contributed by atoms with Gasteiger partial charge in [0.1, 0.15) is 0 Å². The predicted molar refractivity (Wildman–Crippen MR) is 52.1 cm³/mol. The summed E-state index contributed by atoms with van der Waals surface area (Å²) in [5.41, 5.74) is -1.62. The van der Waals surface area contributed by atoms with Crippen molar-refractivity contribution in [3.05, 3.63) is 26.8 Å². The molecule has 1 heterocycles. The van der Waals surface area contributed by atoms with Crippen LogP contribution in [-0.4, -0.2) is 10.2 Å². The van der Waals surface area contributed by atoms with E-state index in [1.165, 1.54) is 22.6 Å². The van der Waals surface area contributed by atoms with Gasteiger partial charge in [0.05, 0.1) is 5.56 Å². The van der Waals surface area contributed by atoms with Gasteiger partial charge in [-0.2, -0.15) is 0 Å². The van der Waals surface area contributed by atoms with Crippen LogP contribution < -0.4 is 0 Å². The van der Waals surface area contributed by atoms with E-state index in [4.69, 9.17) is 11.6 Å². The molecule has 0 bridgehead atoms. The fraction of sp³-hybridized carbons (Fsp3) is 0.143. The lowest BCUT2D eigenvalue weighted by atomic mass is 10.2. The van der Waals surface area contributed by atoms with Gasteiger partial charge in [0.25, 0.3) is 11.7 Å². The van der Waals surface area contributed by atoms with Crippen LogP contribution in [0.2, 0.25) is 0 Å². The summed E-state index contributed by atoms with van der Waals surface area (Å²) in [6.45, 7) is 0. The molecule has 0 spiro atoms. The van der Waals surface area contributed by atoms with Gasteiger partial charge < -0.3 is 0 Å². The molecule has 0 aliphatic carbocycles. The van der Waals surface area contributed by atoms with Crippen molar-refractivity contribution in [2.75, 3.05) is 0 Å². The number of hydrogen-bond donors (Lipinski definition) is 0. The zero-order valence-corrected chi connectivity index (χ0v) is 9.31. The summed E-state index contributed by atoms with van der Waals surface area (Å²) in [6.07, 6.45) is -2.03. The van der Waals surface area contributed by atoms with Crippen LogP contribution in [-0.2, 0) is 0 Å². The highest BCUT2D eigenvalue weighted by atomic mass is 127. The molecule has 0 unspecified atom stereocenters. The van der Waals surface area contributed by atoms with E-state index < -0.39 is 28.7 Å². The smallest absolute Gasteiger partial charge is 0.273 e. The van der Waals surface area contributed by atoms with Gasteiger partial charge in [0.2, 0.25) is 0 Å². The number of rotatable bonds is 2. The van der Waals surface area contributed by atoms with E-state index in [0.29, 0.717) is 0 Å². The number of hydrogen-bond acceptors (Lipinski definition) is 2. The Kier molecular flexibility index (Phi) is 3.71. The van der Waals surface area contributed by atoms with Crippen LogP contribution in [0, 0.1) is 9.39 Å². The summed E-state index contributed by atoms with van der Waals surface area (Å²) >= 11 is 6.45. The van der Waals surface area contributed by atoms with E-state index in [1.807, 2.05) is 0 Å². The van der Waals surface area contributed by atoms with Crippen LogP contribution >= 0.6 is 34.2 Å². The number of halogens is 5. The van der Waals surface area contributed by atoms with Crippen molar-refractivity contribution >= 4 is 39.4 Å². The van der Waals surface area contributed by atoms with Gasteiger partial charge in [0.15, 0.2) is 11.5 Å². The Hall–Kier alpha value is -0.370. The van der Waals surface area contributed by atoms with Gasteiger partial charge in [-0.3, -0.25) is 4.79 Å². The van der Waals surface area contributed by atoms with Gasteiger partial charge in [-0.15, -0.1) is 0 Å². The Balaban J connectivity index is 3.41. The SMILES string of the molecule is O=C(Cl)c1ncc(I)c(C(F)F)c1F. The van der Waals surface area contributed by atoms with Crippen molar-refractivity contribution < 1.29 is 18.0 Å². The molecule has 0 atom stereocenters. The third-order valence-corrected chi connectivity index (χ3v) is 2.45. The zero-order chi connectivity index (χ0) is 10.9. The topological polar surface area (TPSA) is 30.0 Å². The molecule has 7 heteroatoms. The molecule has 0 radical (unpaired) electrons. The summed E-state index contributed by atoms with van der Waals surface area (Å²) in [4.78, 5) is 13.9. The van der Waals surface area contributed by atoms with Crippen LogP contribution in [0.1, 0.15) is 22.5 Å². The molecule has 0 N–H and O–H groups in total. The van der Waals surface area contributed by atoms with Crippen LogP contribution in [0.25, 0.3) is 0 Å². The molecule has 0 saturated carbocycles. The molecule has 1 aromatic rings. The van der Waals surface area contributed by atoms with Crippen LogP contribution in [0.4, 0.5) is 13.2 Å². The first kappa shape index (κ1) is 11.7. The Bertz CT molecular complexity index is 385. The normalized spacial score (nSPS) is 10.7. The molecular formula is C7H2ClF3INO. The molecule has 1 rings (SSSR count). The summed E-state index contributed by atoms with van der Waals surface area (Å²) in [5, 5.41) is -1.19. The Morgan fingerprint density at radius 1 is 1.57 bits per heavy atom. The average molecular weight is 335 g/mol. The molecule has 2 nitrogen and oxygen atoms in total. The second-order valence-electron chi connectivity index (χ2n) is 2.26. The minimum atomic E-state index is -3.00. The highest BCUT2D eigenvalue weighted by molar-refractivity contribution is 14.1. The first-order valence-electron chi connectivity index (χ1n) is 3.27.